The number of halogens is 1. The summed E-state index contributed by atoms with van der Waals surface area (Å²) in [4.78, 5) is 0. The largest absolute Gasteiger partial charge is 0.497 e. The van der Waals surface area contributed by atoms with Gasteiger partial charge in [0.1, 0.15) is 18.1 Å². The highest BCUT2D eigenvalue weighted by Gasteiger charge is 2.11. The number of methoxy groups -OCH3 is 1. The monoisotopic (exact) mass is 269 g/mol. The van der Waals surface area contributed by atoms with Crippen LogP contribution in [-0.2, 0) is 0 Å². The maximum Gasteiger partial charge on any atom is 0.128 e. The highest BCUT2D eigenvalue weighted by molar-refractivity contribution is 6.25. The quantitative estimate of drug-likeness (QED) is 0.822. The molecular weight excluding hydrogens is 250 g/mol. The molecule has 3 nitrogen and oxygen atoms in total. The molecule has 0 amide bonds. The minimum atomic E-state index is 0.232. The molecule has 0 aliphatic heterocycles. The molecule has 100 valence electrons. The second kappa shape index (κ2) is 8.01. The topological polar surface area (TPSA) is 30.5 Å². The molecule has 0 bridgehead atoms. The van der Waals surface area contributed by atoms with Crippen molar-refractivity contribution in [2.75, 3.05) is 20.3 Å². The number of benzene rings is 1. The SMILES string of the molecule is CCNC(C)c1ccc(OC)cc1OC/C=C/Cl. The van der Waals surface area contributed by atoms with E-state index in [2.05, 4.69) is 19.2 Å². The second-order valence-corrected chi connectivity index (χ2v) is 4.11. The second-order valence-electron chi connectivity index (χ2n) is 3.86. The number of hydrogen-bond acceptors (Lipinski definition) is 3. The molecule has 1 aromatic carbocycles. The maximum atomic E-state index is 5.70. The van der Waals surface area contributed by atoms with Crippen LogP contribution in [0.5, 0.6) is 11.5 Å². The molecule has 0 aromatic heterocycles. The molecule has 1 unspecified atom stereocenters. The van der Waals surface area contributed by atoms with Gasteiger partial charge < -0.3 is 14.8 Å². The van der Waals surface area contributed by atoms with Crippen LogP contribution in [0.3, 0.4) is 0 Å². The zero-order valence-corrected chi connectivity index (χ0v) is 11.8. The van der Waals surface area contributed by atoms with E-state index in [-0.39, 0.29) is 6.04 Å². The molecule has 0 heterocycles. The van der Waals surface area contributed by atoms with Crippen LogP contribution in [0.4, 0.5) is 0 Å². The van der Waals surface area contributed by atoms with Crippen LogP contribution in [-0.4, -0.2) is 20.3 Å². The highest BCUT2D eigenvalue weighted by Crippen LogP contribution is 2.29. The fourth-order valence-corrected chi connectivity index (χ4v) is 1.79. The molecule has 0 radical (unpaired) electrons. The zero-order valence-electron chi connectivity index (χ0n) is 11.1. The van der Waals surface area contributed by atoms with Crippen LogP contribution in [0.25, 0.3) is 0 Å². The fourth-order valence-electron chi connectivity index (χ4n) is 1.71. The Balaban J connectivity index is 2.92. The lowest BCUT2D eigenvalue weighted by Crippen LogP contribution is -2.18. The molecule has 1 rings (SSSR count). The van der Waals surface area contributed by atoms with Crippen molar-refractivity contribution in [1.82, 2.24) is 5.32 Å². The summed E-state index contributed by atoms with van der Waals surface area (Å²) in [6.07, 6.45) is 1.75. The van der Waals surface area contributed by atoms with Crippen LogP contribution >= 0.6 is 11.6 Å². The Morgan fingerprint density at radius 1 is 1.44 bits per heavy atom. The average Bonchev–Trinajstić information content (AvgIpc) is 2.39. The smallest absolute Gasteiger partial charge is 0.128 e. The molecule has 0 spiro atoms. The molecule has 1 aromatic rings. The van der Waals surface area contributed by atoms with Crippen LogP contribution in [0.15, 0.2) is 29.8 Å². The Bertz CT molecular complexity index is 393. The summed E-state index contributed by atoms with van der Waals surface area (Å²) in [6.45, 7) is 5.54. The van der Waals surface area contributed by atoms with Crippen molar-refractivity contribution in [1.29, 1.82) is 0 Å². The number of rotatable bonds is 7. The molecule has 4 heteroatoms. The van der Waals surface area contributed by atoms with E-state index in [1.54, 1.807) is 13.2 Å². The Morgan fingerprint density at radius 2 is 2.22 bits per heavy atom. The van der Waals surface area contributed by atoms with E-state index < -0.39 is 0 Å². The van der Waals surface area contributed by atoms with Crippen LogP contribution < -0.4 is 14.8 Å². The van der Waals surface area contributed by atoms with Crippen molar-refractivity contribution < 1.29 is 9.47 Å². The number of ether oxygens (including phenoxy) is 2. The molecule has 18 heavy (non-hydrogen) atoms. The van der Waals surface area contributed by atoms with Gasteiger partial charge >= 0.3 is 0 Å². The van der Waals surface area contributed by atoms with Gasteiger partial charge in [-0.2, -0.15) is 0 Å². The lowest BCUT2D eigenvalue weighted by atomic mass is 10.1. The molecule has 0 saturated heterocycles. The summed E-state index contributed by atoms with van der Waals surface area (Å²) in [5.41, 5.74) is 2.56. The lowest BCUT2D eigenvalue weighted by Gasteiger charge is -2.18. The average molecular weight is 270 g/mol. The van der Waals surface area contributed by atoms with Crippen molar-refractivity contribution in [2.45, 2.75) is 19.9 Å². The number of hydrogen-bond donors (Lipinski definition) is 1. The van der Waals surface area contributed by atoms with Crippen molar-refractivity contribution in [3.8, 4) is 11.5 Å². The van der Waals surface area contributed by atoms with E-state index in [1.807, 2.05) is 18.2 Å². The van der Waals surface area contributed by atoms with Gasteiger partial charge in [-0.25, -0.2) is 0 Å². The van der Waals surface area contributed by atoms with Gasteiger partial charge in [-0.05, 0) is 25.6 Å². The minimum Gasteiger partial charge on any atom is -0.497 e. The van der Waals surface area contributed by atoms with Crippen molar-refractivity contribution in [3.05, 3.63) is 35.4 Å². The summed E-state index contributed by atoms with van der Waals surface area (Å²) in [5.74, 6) is 1.60. The van der Waals surface area contributed by atoms with Gasteiger partial charge in [-0.1, -0.05) is 24.6 Å². The minimum absolute atomic E-state index is 0.232. The molecule has 0 fully saturated rings. The van der Waals surface area contributed by atoms with E-state index in [9.17, 15) is 0 Å². The standard InChI is InChI=1S/C14H20ClNO2/c1-4-16-11(2)13-7-6-12(17-3)10-14(13)18-9-5-8-15/h5-8,10-11,16H,4,9H2,1-3H3/b8-5+. The third kappa shape index (κ3) is 4.24. The summed E-state index contributed by atoms with van der Waals surface area (Å²) < 4.78 is 10.9. The Morgan fingerprint density at radius 3 is 2.83 bits per heavy atom. The van der Waals surface area contributed by atoms with Gasteiger partial charge in [-0.3, -0.25) is 0 Å². The number of nitrogens with one attached hydrogen (secondary N) is 1. The first-order chi connectivity index (χ1) is 8.72. The van der Waals surface area contributed by atoms with Gasteiger partial charge in [0.25, 0.3) is 0 Å². The fraction of sp³-hybridized carbons (Fsp3) is 0.429. The Hall–Kier alpha value is -1.19. The van der Waals surface area contributed by atoms with E-state index in [1.165, 1.54) is 5.54 Å². The van der Waals surface area contributed by atoms with E-state index in [4.69, 9.17) is 21.1 Å². The van der Waals surface area contributed by atoms with Gasteiger partial charge in [-0.15, -0.1) is 0 Å². The molecule has 0 aliphatic rings. The predicted molar refractivity (Wildman–Crippen MR) is 75.6 cm³/mol. The summed E-state index contributed by atoms with van der Waals surface area (Å²) in [6, 6.07) is 6.08. The van der Waals surface area contributed by atoms with Gasteiger partial charge in [0.05, 0.1) is 7.11 Å². The van der Waals surface area contributed by atoms with E-state index >= 15 is 0 Å². The van der Waals surface area contributed by atoms with E-state index in [0.29, 0.717) is 6.61 Å². The van der Waals surface area contributed by atoms with Crippen LogP contribution in [0.2, 0.25) is 0 Å². The normalized spacial score (nSPS) is 12.7. The van der Waals surface area contributed by atoms with Gasteiger partial charge in [0, 0.05) is 23.2 Å². The molecule has 0 saturated carbocycles. The molecule has 1 atom stereocenters. The highest BCUT2D eigenvalue weighted by atomic mass is 35.5. The predicted octanol–water partition coefficient (Wildman–Crippen LogP) is 3.50. The molecular formula is C14H20ClNO2. The van der Waals surface area contributed by atoms with Crippen LogP contribution in [0, 0.1) is 0 Å². The Kier molecular flexibility index (Phi) is 6.61. The summed E-state index contributed by atoms with van der Waals surface area (Å²) in [7, 11) is 1.64. The first-order valence-corrected chi connectivity index (χ1v) is 6.45. The van der Waals surface area contributed by atoms with Crippen molar-refractivity contribution in [2.24, 2.45) is 0 Å². The maximum absolute atomic E-state index is 5.70. The first-order valence-electron chi connectivity index (χ1n) is 6.02. The lowest BCUT2D eigenvalue weighted by molar-refractivity contribution is 0.348. The molecule has 0 aliphatic carbocycles. The molecule has 1 N–H and O–H groups in total. The first kappa shape index (κ1) is 14.9. The van der Waals surface area contributed by atoms with E-state index in [0.717, 1.165) is 23.6 Å². The van der Waals surface area contributed by atoms with Crippen molar-refractivity contribution in [3.63, 3.8) is 0 Å². The van der Waals surface area contributed by atoms with Gasteiger partial charge in [0.15, 0.2) is 0 Å². The Labute approximate surface area is 114 Å². The van der Waals surface area contributed by atoms with Crippen LogP contribution in [0.1, 0.15) is 25.5 Å². The third-order valence-electron chi connectivity index (χ3n) is 2.62. The third-order valence-corrected chi connectivity index (χ3v) is 2.80. The van der Waals surface area contributed by atoms with Crippen molar-refractivity contribution >= 4 is 11.6 Å². The van der Waals surface area contributed by atoms with Gasteiger partial charge in [0.2, 0.25) is 0 Å². The summed E-state index contributed by atoms with van der Waals surface area (Å²) in [5, 5.41) is 3.37. The summed E-state index contributed by atoms with van der Waals surface area (Å²) >= 11 is 5.48. The zero-order chi connectivity index (χ0) is 13.4.